The number of para-hydroxylation sites is 1. The molecule has 8 aromatic rings. The van der Waals surface area contributed by atoms with Gasteiger partial charge < -0.3 is 9.32 Å². The number of fused-ring (bicyclic) bond motifs is 2. The zero-order valence-electron chi connectivity index (χ0n) is 24.1. The Morgan fingerprint density at radius 2 is 0.886 bits per heavy atom. The zero-order chi connectivity index (χ0) is 29.3. The number of benzene rings is 7. The fourth-order valence-corrected chi connectivity index (χ4v) is 6.05. The Morgan fingerprint density at radius 1 is 0.341 bits per heavy atom. The van der Waals surface area contributed by atoms with Crippen LogP contribution in [0.5, 0.6) is 0 Å². The third kappa shape index (κ3) is 4.83. The molecule has 2 heteroatoms. The van der Waals surface area contributed by atoms with E-state index < -0.39 is 0 Å². The maximum atomic E-state index is 6.26. The van der Waals surface area contributed by atoms with Crippen molar-refractivity contribution in [1.29, 1.82) is 0 Å². The van der Waals surface area contributed by atoms with E-state index in [0.717, 1.165) is 50.5 Å². The van der Waals surface area contributed by atoms with Crippen LogP contribution in [0.3, 0.4) is 0 Å². The summed E-state index contributed by atoms with van der Waals surface area (Å²) in [4.78, 5) is 2.33. The number of furan rings is 1. The monoisotopic (exact) mass is 563 g/mol. The first-order valence-corrected chi connectivity index (χ1v) is 14.9. The quantitative estimate of drug-likeness (QED) is 0.200. The lowest BCUT2D eigenvalue weighted by Crippen LogP contribution is -2.09. The number of hydrogen-bond acceptors (Lipinski definition) is 2. The SMILES string of the molecule is c1ccc(-c2ccc(N(c3ccc(-c4ccccc4-c4cc5ccccc5o4)cc3)c3ccc4ccccc4c3)cc2)cc1. The molecule has 0 amide bonds. The van der Waals surface area contributed by atoms with Crippen LogP contribution < -0.4 is 4.90 Å². The highest BCUT2D eigenvalue weighted by Crippen LogP contribution is 2.40. The predicted molar refractivity (Wildman–Crippen MR) is 185 cm³/mol. The first kappa shape index (κ1) is 25.8. The Bertz CT molecular complexity index is 2180. The summed E-state index contributed by atoms with van der Waals surface area (Å²) in [5, 5.41) is 3.55. The van der Waals surface area contributed by atoms with E-state index in [1.165, 1.54) is 21.9 Å². The van der Waals surface area contributed by atoms with E-state index in [1.54, 1.807) is 0 Å². The van der Waals surface area contributed by atoms with Crippen LogP contribution in [0.4, 0.5) is 17.1 Å². The van der Waals surface area contributed by atoms with Crippen molar-refractivity contribution in [2.45, 2.75) is 0 Å². The normalized spacial score (nSPS) is 11.2. The molecule has 0 saturated heterocycles. The van der Waals surface area contributed by atoms with Crippen molar-refractivity contribution in [3.05, 3.63) is 176 Å². The number of anilines is 3. The maximum absolute atomic E-state index is 6.26. The molecule has 0 fully saturated rings. The van der Waals surface area contributed by atoms with Gasteiger partial charge in [0, 0.05) is 28.0 Å². The summed E-state index contributed by atoms with van der Waals surface area (Å²) in [7, 11) is 0. The third-order valence-corrected chi connectivity index (χ3v) is 8.28. The molecule has 7 aromatic carbocycles. The van der Waals surface area contributed by atoms with E-state index in [2.05, 4.69) is 163 Å². The molecule has 0 aliphatic rings. The summed E-state index contributed by atoms with van der Waals surface area (Å²) in [6.07, 6.45) is 0. The fourth-order valence-electron chi connectivity index (χ4n) is 6.05. The molecule has 1 heterocycles. The first-order valence-electron chi connectivity index (χ1n) is 14.9. The molecule has 0 bridgehead atoms. The Hall–Kier alpha value is -5.86. The van der Waals surface area contributed by atoms with Gasteiger partial charge in [-0.3, -0.25) is 0 Å². The predicted octanol–water partition coefficient (Wildman–Crippen LogP) is 12.1. The van der Waals surface area contributed by atoms with Gasteiger partial charge in [0.05, 0.1) is 0 Å². The minimum atomic E-state index is 0.877. The molecule has 8 rings (SSSR count). The second-order valence-electron chi connectivity index (χ2n) is 11.0. The summed E-state index contributed by atoms with van der Waals surface area (Å²) >= 11 is 0. The molecular weight excluding hydrogens is 534 g/mol. The molecule has 0 aliphatic carbocycles. The van der Waals surface area contributed by atoms with Crippen LogP contribution in [-0.2, 0) is 0 Å². The molecule has 0 unspecified atom stereocenters. The average Bonchev–Trinajstić information content (AvgIpc) is 3.54. The van der Waals surface area contributed by atoms with Crippen molar-refractivity contribution in [3.8, 4) is 33.6 Å². The highest BCUT2D eigenvalue weighted by Gasteiger charge is 2.16. The van der Waals surface area contributed by atoms with Crippen molar-refractivity contribution >= 4 is 38.8 Å². The molecule has 44 heavy (non-hydrogen) atoms. The minimum absolute atomic E-state index is 0.877. The van der Waals surface area contributed by atoms with Crippen LogP contribution >= 0.6 is 0 Å². The van der Waals surface area contributed by atoms with E-state index in [0.29, 0.717) is 0 Å². The highest BCUT2D eigenvalue weighted by atomic mass is 16.3. The van der Waals surface area contributed by atoms with Crippen molar-refractivity contribution in [2.75, 3.05) is 4.90 Å². The van der Waals surface area contributed by atoms with E-state index >= 15 is 0 Å². The van der Waals surface area contributed by atoms with Crippen LogP contribution in [-0.4, -0.2) is 0 Å². The first-order chi connectivity index (χ1) is 21.8. The fraction of sp³-hybridized carbons (Fsp3) is 0. The van der Waals surface area contributed by atoms with E-state index in [4.69, 9.17) is 4.42 Å². The van der Waals surface area contributed by atoms with Gasteiger partial charge in [-0.05, 0) is 81.6 Å². The third-order valence-electron chi connectivity index (χ3n) is 8.28. The van der Waals surface area contributed by atoms with Crippen molar-refractivity contribution in [2.24, 2.45) is 0 Å². The van der Waals surface area contributed by atoms with Gasteiger partial charge in [-0.15, -0.1) is 0 Å². The molecule has 0 N–H and O–H groups in total. The second-order valence-corrected chi connectivity index (χ2v) is 11.0. The molecular formula is C42H29NO. The number of nitrogens with zero attached hydrogens (tertiary/aromatic N) is 1. The number of hydrogen-bond donors (Lipinski definition) is 0. The molecule has 0 radical (unpaired) electrons. The molecule has 0 saturated carbocycles. The summed E-state index contributed by atoms with van der Waals surface area (Å²) < 4.78 is 6.26. The number of rotatable bonds is 6. The van der Waals surface area contributed by atoms with Gasteiger partial charge in [-0.2, -0.15) is 0 Å². The highest BCUT2D eigenvalue weighted by molar-refractivity contribution is 5.91. The summed E-state index contributed by atoms with van der Waals surface area (Å²) in [5.74, 6) is 0.877. The van der Waals surface area contributed by atoms with E-state index in [1.807, 2.05) is 18.2 Å². The summed E-state index contributed by atoms with van der Waals surface area (Å²) in [6.45, 7) is 0. The van der Waals surface area contributed by atoms with Gasteiger partial charge in [0.2, 0.25) is 0 Å². The largest absolute Gasteiger partial charge is 0.456 e. The molecule has 2 nitrogen and oxygen atoms in total. The lowest BCUT2D eigenvalue weighted by molar-refractivity contribution is 0.632. The lowest BCUT2D eigenvalue weighted by atomic mass is 9.97. The van der Waals surface area contributed by atoms with Gasteiger partial charge in [-0.25, -0.2) is 0 Å². The smallest absolute Gasteiger partial charge is 0.136 e. The zero-order valence-corrected chi connectivity index (χ0v) is 24.1. The Kier molecular flexibility index (Phi) is 6.51. The standard InChI is InChI=1S/C42H29NO/c1-2-10-30(11-3-1)32-18-23-36(24-19-32)43(38-27-20-31-12-4-5-13-34(31)28-38)37-25-21-33(22-26-37)39-15-7-8-16-40(39)42-29-35-14-6-9-17-41(35)44-42/h1-29H. The van der Waals surface area contributed by atoms with Crippen molar-refractivity contribution < 1.29 is 4.42 Å². The molecule has 1 aromatic heterocycles. The Labute approximate surface area is 257 Å². The van der Waals surface area contributed by atoms with Crippen LogP contribution in [0.2, 0.25) is 0 Å². The average molecular weight is 564 g/mol. The van der Waals surface area contributed by atoms with Gasteiger partial charge in [-0.1, -0.05) is 127 Å². The summed E-state index contributed by atoms with van der Waals surface area (Å²) in [6, 6.07) is 62.1. The summed E-state index contributed by atoms with van der Waals surface area (Å²) in [5.41, 5.74) is 10.00. The van der Waals surface area contributed by atoms with Crippen LogP contribution in [0.25, 0.3) is 55.3 Å². The molecule has 208 valence electrons. The van der Waals surface area contributed by atoms with Gasteiger partial charge >= 0.3 is 0 Å². The van der Waals surface area contributed by atoms with E-state index in [-0.39, 0.29) is 0 Å². The van der Waals surface area contributed by atoms with Gasteiger partial charge in [0.1, 0.15) is 11.3 Å². The maximum Gasteiger partial charge on any atom is 0.136 e. The van der Waals surface area contributed by atoms with Gasteiger partial charge in [0.15, 0.2) is 0 Å². The Balaban J connectivity index is 1.20. The lowest BCUT2D eigenvalue weighted by Gasteiger charge is -2.26. The van der Waals surface area contributed by atoms with Crippen LogP contribution in [0.1, 0.15) is 0 Å². The molecule has 0 atom stereocenters. The molecule has 0 spiro atoms. The molecule has 0 aliphatic heterocycles. The topological polar surface area (TPSA) is 16.4 Å². The van der Waals surface area contributed by atoms with Crippen molar-refractivity contribution in [1.82, 2.24) is 0 Å². The van der Waals surface area contributed by atoms with Crippen LogP contribution in [0, 0.1) is 0 Å². The second kappa shape index (κ2) is 11.1. The minimum Gasteiger partial charge on any atom is -0.456 e. The van der Waals surface area contributed by atoms with Crippen molar-refractivity contribution in [3.63, 3.8) is 0 Å². The van der Waals surface area contributed by atoms with Gasteiger partial charge in [0.25, 0.3) is 0 Å². The Morgan fingerprint density at radius 3 is 1.61 bits per heavy atom. The van der Waals surface area contributed by atoms with Crippen LogP contribution in [0.15, 0.2) is 180 Å². The van der Waals surface area contributed by atoms with E-state index in [9.17, 15) is 0 Å².